The molecule has 6 nitrogen and oxygen atoms in total. The first-order valence-corrected chi connectivity index (χ1v) is 9.63. The zero-order valence-corrected chi connectivity index (χ0v) is 15.9. The van der Waals surface area contributed by atoms with Crippen LogP contribution in [0.15, 0.2) is 17.1 Å². The third-order valence-corrected chi connectivity index (χ3v) is 5.53. The zero-order valence-electron chi connectivity index (χ0n) is 15.1. The summed E-state index contributed by atoms with van der Waals surface area (Å²) in [7, 11) is 0. The number of aliphatic imine (C=N–C) groups is 1. The zero-order chi connectivity index (χ0) is 18.0. The number of carbonyl (C=O) groups is 1. The molecule has 1 unspecified atom stereocenters. The number of fused-ring (bicyclic) bond motifs is 5. The lowest BCUT2D eigenvalue weighted by atomic mass is 9.96. The van der Waals surface area contributed by atoms with Crippen molar-refractivity contribution in [3.05, 3.63) is 17.0 Å². The average Bonchev–Trinajstić information content (AvgIpc) is 2.96. The largest absolute Gasteiger partial charge is 0.381 e. The van der Waals surface area contributed by atoms with Crippen LogP contribution in [0.5, 0.6) is 0 Å². The van der Waals surface area contributed by atoms with E-state index in [9.17, 15) is 4.79 Å². The number of benzene rings is 1. The predicted octanol–water partition coefficient (Wildman–Crippen LogP) is 4.23. The van der Waals surface area contributed by atoms with Gasteiger partial charge in [-0.3, -0.25) is 15.6 Å². The number of hydrogen-bond donors (Lipinski definition) is 4. The third kappa shape index (κ3) is 3.04. The van der Waals surface area contributed by atoms with Gasteiger partial charge < -0.3 is 10.6 Å². The molecular formula is C18H25N5OS. The molecule has 0 saturated heterocycles. The molecular weight excluding hydrogens is 334 g/mol. The molecule has 25 heavy (non-hydrogen) atoms. The maximum atomic E-state index is 12.7. The highest BCUT2D eigenvalue weighted by Crippen LogP contribution is 2.45. The number of hydrogen-bond acceptors (Lipinski definition) is 6. The van der Waals surface area contributed by atoms with Crippen LogP contribution in [0.3, 0.4) is 0 Å². The van der Waals surface area contributed by atoms with Gasteiger partial charge in [0.25, 0.3) is 5.91 Å². The number of amides is 1. The fourth-order valence-corrected chi connectivity index (χ4v) is 4.39. The van der Waals surface area contributed by atoms with E-state index in [1.807, 2.05) is 26.0 Å². The van der Waals surface area contributed by atoms with E-state index in [-0.39, 0.29) is 11.4 Å². The Bertz CT molecular complexity index is 828. The molecule has 0 aliphatic carbocycles. The van der Waals surface area contributed by atoms with Gasteiger partial charge in [0.15, 0.2) is 0 Å². The molecule has 0 spiro atoms. The van der Waals surface area contributed by atoms with Gasteiger partial charge in [0.05, 0.1) is 22.6 Å². The standard InChI is InChI=1S/C16H19N5OS.C2H6/c1-3-6-16(2)7-17-13-11-10(23-14(13)15(22)20-16)5-4-9-12(11)21-19-8-18-9;1-2/h4-5,8,17,21H,3,6-7H2,1-2H3,(H,18,19)(H,20,22);1-2H3. The van der Waals surface area contributed by atoms with Crippen molar-refractivity contribution in [3.8, 4) is 0 Å². The van der Waals surface area contributed by atoms with Crippen LogP contribution in [0.4, 0.5) is 17.1 Å². The Morgan fingerprint density at radius 3 is 2.84 bits per heavy atom. The van der Waals surface area contributed by atoms with Gasteiger partial charge in [-0.1, -0.05) is 27.2 Å². The van der Waals surface area contributed by atoms with Crippen molar-refractivity contribution >= 4 is 50.7 Å². The van der Waals surface area contributed by atoms with Crippen LogP contribution in [-0.4, -0.2) is 24.3 Å². The molecule has 7 heteroatoms. The van der Waals surface area contributed by atoms with Crippen molar-refractivity contribution < 1.29 is 4.79 Å². The maximum Gasteiger partial charge on any atom is 0.264 e. The van der Waals surface area contributed by atoms with Gasteiger partial charge in [-0.2, -0.15) is 0 Å². The lowest BCUT2D eigenvalue weighted by molar-refractivity contribution is 0.0915. The van der Waals surface area contributed by atoms with E-state index < -0.39 is 0 Å². The fourth-order valence-electron chi connectivity index (χ4n) is 3.31. The Balaban J connectivity index is 0.000000880. The first-order valence-electron chi connectivity index (χ1n) is 8.81. The van der Waals surface area contributed by atoms with Gasteiger partial charge >= 0.3 is 0 Å². The summed E-state index contributed by atoms with van der Waals surface area (Å²) < 4.78 is 1.07. The topological polar surface area (TPSA) is 77.5 Å². The summed E-state index contributed by atoms with van der Waals surface area (Å²) in [6.45, 7) is 8.95. The Morgan fingerprint density at radius 2 is 2.08 bits per heavy atom. The summed E-state index contributed by atoms with van der Waals surface area (Å²) >= 11 is 1.52. The monoisotopic (exact) mass is 359 g/mol. The molecule has 0 fully saturated rings. The Kier molecular flexibility index (Phi) is 4.85. The Labute approximate surface area is 152 Å². The summed E-state index contributed by atoms with van der Waals surface area (Å²) in [4.78, 5) is 17.8. The van der Waals surface area contributed by atoms with Gasteiger partial charge in [-0.15, -0.1) is 11.3 Å². The minimum atomic E-state index is -0.227. The lowest BCUT2D eigenvalue weighted by Gasteiger charge is -2.28. The van der Waals surface area contributed by atoms with E-state index >= 15 is 0 Å². The lowest BCUT2D eigenvalue weighted by Crippen LogP contribution is -2.48. The molecule has 4 rings (SSSR count). The van der Waals surface area contributed by atoms with Crippen LogP contribution in [0.25, 0.3) is 10.1 Å². The highest BCUT2D eigenvalue weighted by Gasteiger charge is 2.33. The number of nitrogens with zero attached hydrogens (tertiary/aromatic N) is 1. The number of hydrazine groups is 1. The van der Waals surface area contributed by atoms with E-state index in [2.05, 4.69) is 40.3 Å². The normalized spacial score (nSPS) is 20.7. The maximum absolute atomic E-state index is 12.7. The van der Waals surface area contributed by atoms with Crippen molar-refractivity contribution in [2.24, 2.45) is 4.99 Å². The fraction of sp³-hybridized carbons (Fsp3) is 0.444. The first-order chi connectivity index (χ1) is 12.1. The van der Waals surface area contributed by atoms with Crippen LogP contribution in [0.1, 0.15) is 50.2 Å². The highest BCUT2D eigenvalue weighted by molar-refractivity contribution is 7.21. The molecule has 2 aliphatic rings. The molecule has 3 heterocycles. The SMILES string of the molecule is CC.CCCC1(C)CNc2c(sc3ccc4c(c23)NNC=N4)C(=O)N1. The molecule has 1 amide bonds. The minimum Gasteiger partial charge on any atom is -0.381 e. The Morgan fingerprint density at radius 1 is 1.28 bits per heavy atom. The van der Waals surface area contributed by atoms with E-state index in [0.717, 1.165) is 44.9 Å². The van der Waals surface area contributed by atoms with Crippen molar-refractivity contribution in [2.45, 2.75) is 46.1 Å². The van der Waals surface area contributed by atoms with Crippen LogP contribution in [0.2, 0.25) is 0 Å². The third-order valence-electron chi connectivity index (χ3n) is 4.38. The highest BCUT2D eigenvalue weighted by atomic mass is 32.1. The van der Waals surface area contributed by atoms with Crippen molar-refractivity contribution in [1.82, 2.24) is 10.7 Å². The molecule has 4 N–H and O–H groups in total. The molecule has 0 bridgehead atoms. The van der Waals surface area contributed by atoms with Gasteiger partial charge in [0.2, 0.25) is 0 Å². The predicted molar refractivity (Wildman–Crippen MR) is 107 cm³/mol. The molecule has 1 atom stereocenters. The van der Waals surface area contributed by atoms with Crippen LogP contribution >= 0.6 is 11.3 Å². The van der Waals surface area contributed by atoms with E-state index in [4.69, 9.17) is 0 Å². The second kappa shape index (κ2) is 6.92. The number of nitrogens with one attached hydrogen (secondary N) is 4. The molecule has 0 radical (unpaired) electrons. The van der Waals surface area contributed by atoms with Gasteiger partial charge in [-0.05, 0) is 25.5 Å². The molecule has 2 aliphatic heterocycles. The van der Waals surface area contributed by atoms with Crippen LogP contribution in [0, 0.1) is 0 Å². The summed E-state index contributed by atoms with van der Waals surface area (Å²) in [5, 5.41) is 7.74. The van der Waals surface area contributed by atoms with E-state index in [0.29, 0.717) is 6.54 Å². The van der Waals surface area contributed by atoms with Gasteiger partial charge in [-0.25, -0.2) is 4.99 Å². The molecule has 1 aromatic carbocycles. The molecule has 2 aromatic rings. The minimum absolute atomic E-state index is 0.00294. The summed E-state index contributed by atoms with van der Waals surface area (Å²) in [6.07, 6.45) is 3.60. The number of carbonyl (C=O) groups excluding carboxylic acids is 1. The summed E-state index contributed by atoms with van der Waals surface area (Å²) in [5.74, 6) is 0.00294. The molecule has 134 valence electrons. The van der Waals surface area contributed by atoms with E-state index in [1.54, 1.807) is 6.34 Å². The molecule has 0 saturated carbocycles. The smallest absolute Gasteiger partial charge is 0.264 e. The quantitative estimate of drug-likeness (QED) is 0.647. The number of anilines is 2. The summed E-state index contributed by atoms with van der Waals surface area (Å²) in [6, 6.07) is 3.99. The van der Waals surface area contributed by atoms with Crippen molar-refractivity contribution in [3.63, 3.8) is 0 Å². The van der Waals surface area contributed by atoms with Crippen molar-refractivity contribution in [1.29, 1.82) is 0 Å². The average molecular weight is 359 g/mol. The van der Waals surface area contributed by atoms with Gasteiger partial charge in [0, 0.05) is 16.6 Å². The number of rotatable bonds is 2. The van der Waals surface area contributed by atoms with Crippen molar-refractivity contribution in [2.75, 3.05) is 17.3 Å². The first kappa shape index (κ1) is 17.5. The number of thiophene rings is 1. The van der Waals surface area contributed by atoms with Crippen LogP contribution < -0.4 is 21.5 Å². The molecule has 1 aromatic heterocycles. The Hall–Kier alpha value is -2.28. The second-order valence-corrected chi connectivity index (χ2v) is 7.34. The van der Waals surface area contributed by atoms with Gasteiger partial charge in [0.1, 0.15) is 11.2 Å². The summed E-state index contributed by atoms with van der Waals surface area (Å²) in [5.41, 5.74) is 8.56. The second-order valence-electron chi connectivity index (χ2n) is 6.28. The van der Waals surface area contributed by atoms with E-state index in [1.165, 1.54) is 11.3 Å². The van der Waals surface area contributed by atoms with Crippen LogP contribution in [-0.2, 0) is 0 Å².